The van der Waals surface area contributed by atoms with Crippen LogP contribution in [-0.2, 0) is 9.59 Å². The molecule has 2 amide bonds. The Morgan fingerprint density at radius 2 is 1.05 bits per heavy atom. The Morgan fingerprint density at radius 1 is 0.614 bits per heavy atom. The molecule has 2 aliphatic heterocycles. The summed E-state index contributed by atoms with van der Waals surface area (Å²) in [4.78, 5) is 52.4. The van der Waals surface area contributed by atoms with Gasteiger partial charge >= 0.3 is 0 Å². The molecule has 2 saturated heterocycles. The van der Waals surface area contributed by atoms with Gasteiger partial charge in [-0.3, -0.25) is 19.4 Å². The number of likely N-dealkylation sites (tertiary alicyclic amines) is 2. The van der Waals surface area contributed by atoms with Gasteiger partial charge in [0.25, 0.3) is 0 Å². The van der Waals surface area contributed by atoms with E-state index in [1.54, 1.807) is 0 Å². The van der Waals surface area contributed by atoms with Gasteiger partial charge in [-0.05, 0) is 93.3 Å². The maximum Gasteiger partial charge on any atom is 0.245 e. The number of imidazole rings is 2. The molecule has 4 atom stereocenters. The lowest BCUT2D eigenvalue weighted by molar-refractivity contribution is -0.138. The van der Waals surface area contributed by atoms with E-state index >= 15 is 0 Å². The summed E-state index contributed by atoms with van der Waals surface area (Å²) in [7, 11) is 7.75. The highest BCUT2D eigenvalue weighted by molar-refractivity contribution is 6.31. The Labute approximate surface area is 339 Å². The molecular weight excluding hydrogens is 732 g/mol. The minimum absolute atomic E-state index is 0.0293. The first-order chi connectivity index (χ1) is 27.7. The molecule has 4 heterocycles. The molecule has 10 nitrogen and oxygen atoms in total. The molecule has 2 fully saturated rings. The van der Waals surface area contributed by atoms with Crippen molar-refractivity contribution in [3.8, 4) is 33.6 Å². The average Bonchev–Trinajstić information content (AvgIpc) is 4.06. The van der Waals surface area contributed by atoms with Gasteiger partial charge in [-0.2, -0.15) is 0 Å². The summed E-state index contributed by atoms with van der Waals surface area (Å²) >= 11 is 6.55. The number of hydrogen-bond acceptors (Lipinski definition) is 6. The van der Waals surface area contributed by atoms with E-state index in [1.807, 2.05) is 115 Å². The Kier molecular flexibility index (Phi) is 11.1. The Balaban J connectivity index is 0.933. The van der Waals surface area contributed by atoms with E-state index in [9.17, 15) is 9.59 Å². The van der Waals surface area contributed by atoms with Gasteiger partial charge in [0.2, 0.25) is 11.8 Å². The number of H-pyrrole nitrogens is 2. The van der Waals surface area contributed by atoms with E-state index in [4.69, 9.17) is 21.6 Å². The Hall–Kier alpha value is -5.55. The monoisotopic (exact) mass is 780 g/mol. The standard InChI is InChI=1S/C46H49ClN8O2/c1-52(2)41(34-12-6-5-7-13-34)45(56)54-26-10-16-39(54)43-48-28-37(50-43)32-22-18-30(19-23-32)31-20-24-33(25-21-31)38-29-49-44(51-38)40-17-11-27-55(40)46(57)42(53(3)4)35-14-8-9-15-36(35)47/h5-9,12-15,18-25,28-29,39-42H,10-11,16-17,26-27H2,1-4H3,(H,48,50)(H,49,51)/t39-,40-,41+,42+/m0/s1. The van der Waals surface area contributed by atoms with Gasteiger partial charge < -0.3 is 19.8 Å². The number of carbonyl (C=O) groups excluding carboxylic acids is 2. The maximum atomic E-state index is 14.0. The second-order valence-electron chi connectivity index (χ2n) is 15.6. The number of aromatic nitrogens is 4. The lowest BCUT2D eigenvalue weighted by atomic mass is 10.0. The third-order valence-corrected chi connectivity index (χ3v) is 11.8. The smallest absolute Gasteiger partial charge is 0.245 e. The minimum Gasteiger partial charge on any atom is -0.340 e. The van der Waals surface area contributed by atoms with E-state index in [-0.39, 0.29) is 29.9 Å². The third-order valence-electron chi connectivity index (χ3n) is 11.4. The molecule has 57 heavy (non-hydrogen) atoms. The summed E-state index contributed by atoms with van der Waals surface area (Å²) < 4.78 is 0. The molecule has 0 unspecified atom stereocenters. The zero-order chi connectivity index (χ0) is 39.6. The highest BCUT2D eigenvalue weighted by atomic mass is 35.5. The first-order valence-corrected chi connectivity index (χ1v) is 20.1. The van der Waals surface area contributed by atoms with Crippen molar-refractivity contribution in [2.45, 2.75) is 49.9 Å². The molecule has 2 aromatic heterocycles. The molecule has 0 spiro atoms. The highest BCUT2D eigenvalue weighted by Crippen LogP contribution is 2.38. The second-order valence-corrected chi connectivity index (χ2v) is 16.0. The molecule has 2 N–H and O–H groups in total. The molecular formula is C46H49ClN8O2. The first-order valence-electron chi connectivity index (χ1n) is 19.7. The normalized spacial score (nSPS) is 18.1. The molecule has 0 radical (unpaired) electrons. The third kappa shape index (κ3) is 7.77. The molecule has 0 aliphatic carbocycles. The van der Waals surface area contributed by atoms with Gasteiger partial charge in [0.1, 0.15) is 23.7 Å². The molecule has 4 aromatic carbocycles. The number of carbonyl (C=O) groups is 2. The van der Waals surface area contributed by atoms with Gasteiger partial charge in [-0.25, -0.2) is 9.97 Å². The van der Waals surface area contributed by atoms with Crippen LogP contribution in [0.25, 0.3) is 33.6 Å². The number of likely N-dealkylation sites (N-methyl/N-ethyl adjacent to an activating group) is 2. The number of aromatic amines is 2. The first kappa shape index (κ1) is 38.3. The number of nitrogens with one attached hydrogen (secondary N) is 2. The molecule has 292 valence electrons. The van der Waals surface area contributed by atoms with Gasteiger partial charge in [0.05, 0.1) is 35.9 Å². The lowest BCUT2D eigenvalue weighted by Crippen LogP contribution is -2.40. The van der Waals surface area contributed by atoms with Crippen molar-refractivity contribution in [1.29, 1.82) is 0 Å². The zero-order valence-electron chi connectivity index (χ0n) is 32.9. The molecule has 0 bridgehead atoms. The Morgan fingerprint density at radius 3 is 1.53 bits per heavy atom. The number of halogens is 1. The van der Waals surface area contributed by atoms with Crippen LogP contribution in [0.4, 0.5) is 0 Å². The number of benzene rings is 4. The van der Waals surface area contributed by atoms with Crippen LogP contribution < -0.4 is 0 Å². The van der Waals surface area contributed by atoms with Crippen LogP contribution in [0.1, 0.15) is 72.6 Å². The Bertz CT molecular complexity index is 2320. The molecule has 6 aromatic rings. The molecule has 8 rings (SSSR count). The van der Waals surface area contributed by atoms with Gasteiger partial charge in [-0.1, -0.05) is 109 Å². The SMILES string of the molecule is CN(C)[C@@H](C(=O)N1CCC[C@H]1c1ncc(-c2ccc(-c3ccc(-c4cnc([C@@H]5CCCN5C(=O)[C@@H](c5ccccc5Cl)N(C)C)[nH]4)cc3)cc2)[nH]1)c1ccccc1. The summed E-state index contributed by atoms with van der Waals surface area (Å²) in [6, 6.07) is 33.4. The summed E-state index contributed by atoms with van der Waals surface area (Å²) in [5.41, 5.74) is 7.91. The van der Waals surface area contributed by atoms with Crippen molar-refractivity contribution in [2.75, 3.05) is 41.3 Å². The number of rotatable bonds is 11. The summed E-state index contributed by atoms with van der Waals surface area (Å²) in [6.07, 6.45) is 7.32. The van der Waals surface area contributed by atoms with E-state index < -0.39 is 6.04 Å². The van der Waals surface area contributed by atoms with Crippen LogP contribution in [-0.4, -0.2) is 92.6 Å². The molecule has 2 aliphatic rings. The minimum atomic E-state index is -0.478. The van der Waals surface area contributed by atoms with E-state index in [1.165, 1.54) is 0 Å². The largest absolute Gasteiger partial charge is 0.340 e. The summed E-state index contributed by atoms with van der Waals surface area (Å²) in [6.45, 7) is 1.39. The van der Waals surface area contributed by atoms with Crippen LogP contribution in [0.3, 0.4) is 0 Å². The average molecular weight is 781 g/mol. The summed E-state index contributed by atoms with van der Waals surface area (Å²) in [5, 5.41) is 0.589. The fourth-order valence-corrected chi connectivity index (χ4v) is 8.80. The van der Waals surface area contributed by atoms with Crippen molar-refractivity contribution in [2.24, 2.45) is 0 Å². The predicted octanol–water partition coefficient (Wildman–Crippen LogP) is 8.72. The van der Waals surface area contributed by atoms with Crippen molar-refractivity contribution >= 4 is 23.4 Å². The number of amides is 2. The van der Waals surface area contributed by atoms with Crippen molar-refractivity contribution in [3.05, 3.63) is 143 Å². The van der Waals surface area contributed by atoms with Crippen molar-refractivity contribution < 1.29 is 9.59 Å². The summed E-state index contributed by atoms with van der Waals surface area (Å²) in [5.74, 6) is 1.75. The van der Waals surface area contributed by atoms with Crippen LogP contribution in [0, 0.1) is 0 Å². The van der Waals surface area contributed by atoms with Crippen LogP contribution in [0.15, 0.2) is 116 Å². The highest BCUT2D eigenvalue weighted by Gasteiger charge is 2.39. The van der Waals surface area contributed by atoms with Gasteiger partial charge in [-0.15, -0.1) is 0 Å². The van der Waals surface area contributed by atoms with E-state index in [2.05, 4.69) is 58.5 Å². The van der Waals surface area contributed by atoms with E-state index in [0.29, 0.717) is 18.1 Å². The van der Waals surface area contributed by atoms with Crippen molar-refractivity contribution in [1.82, 2.24) is 39.5 Å². The van der Waals surface area contributed by atoms with Gasteiger partial charge in [0, 0.05) is 18.1 Å². The van der Waals surface area contributed by atoms with Crippen LogP contribution in [0.5, 0.6) is 0 Å². The van der Waals surface area contributed by atoms with Crippen LogP contribution >= 0.6 is 11.6 Å². The quantitative estimate of drug-likeness (QED) is 0.136. The molecule has 0 saturated carbocycles. The molecule has 11 heteroatoms. The second kappa shape index (κ2) is 16.5. The predicted molar refractivity (Wildman–Crippen MR) is 225 cm³/mol. The zero-order valence-corrected chi connectivity index (χ0v) is 33.7. The van der Waals surface area contributed by atoms with E-state index in [0.717, 1.165) is 82.1 Å². The van der Waals surface area contributed by atoms with Gasteiger partial charge in [0.15, 0.2) is 0 Å². The van der Waals surface area contributed by atoms with Crippen LogP contribution in [0.2, 0.25) is 5.02 Å². The maximum absolute atomic E-state index is 14.0. The fourth-order valence-electron chi connectivity index (χ4n) is 8.56. The fraction of sp³-hybridized carbons (Fsp3) is 0.304. The lowest BCUT2D eigenvalue weighted by Gasteiger charge is -2.32. The topological polar surface area (TPSA) is 104 Å². The number of hydrogen-bond donors (Lipinski definition) is 2. The van der Waals surface area contributed by atoms with Crippen molar-refractivity contribution in [3.63, 3.8) is 0 Å². The number of nitrogens with zero attached hydrogens (tertiary/aromatic N) is 6.